The molecule has 0 fully saturated rings. The smallest absolute Gasteiger partial charge is 0.154 e. The van der Waals surface area contributed by atoms with Crippen LogP contribution in [-0.2, 0) is 0 Å². The van der Waals surface area contributed by atoms with Crippen molar-refractivity contribution in [3.63, 3.8) is 0 Å². The number of hydrogen-bond acceptors (Lipinski definition) is 3. The van der Waals surface area contributed by atoms with Crippen molar-refractivity contribution in [3.05, 3.63) is 40.0 Å². The first-order valence-corrected chi connectivity index (χ1v) is 5.38. The average molecular weight is 285 g/mol. The van der Waals surface area contributed by atoms with E-state index in [1.54, 1.807) is 6.07 Å². The first kappa shape index (κ1) is 10.4. The van der Waals surface area contributed by atoms with Gasteiger partial charge < -0.3 is 5.73 Å². The minimum absolute atomic E-state index is 0.333. The van der Waals surface area contributed by atoms with E-state index in [2.05, 4.69) is 26.1 Å². The van der Waals surface area contributed by atoms with Crippen LogP contribution < -0.4 is 5.73 Å². The van der Waals surface area contributed by atoms with Gasteiger partial charge in [0.25, 0.3) is 0 Å². The molecule has 0 saturated carbocycles. The zero-order chi connectivity index (χ0) is 10.8. The molecule has 0 bridgehead atoms. The lowest BCUT2D eigenvalue weighted by Gasteiger charge is -2.04. The molecule has 1 aromatic carbocycles. The molecule has 0 aliphatic heterocycles. The maximum Gasteiger partial charge on any atom is 0.154 e. The summed E-state index contributed by atoms with van der Waals surface area (Å²) in [4.78, 5) is 0. The van der Waals surface area contributed by atoms with Crippen molar-refractivity contribution in [2.75, 3.05) is 5.73 Å². The monoisotopic (exact) mass is 283 g/mol. The lowest BCUT2D eigenvalue weighted by atomic mass is 10.1. The number of rotatable bonds is 1. The van der Waals surface area contributed by atoms with E-state index in [4.69, 9.17) is 17.3 Å². The number of nitrogen functional groups attached to an aromatic ring is 1. The fraction of sp³-hybridized carbons (Fsp3) is 0. The lowest BCUT2D eigenvalue weighted by Crippen LogP contribution is -1.96. The maximum absolute atomic E-state index is 5.77. The topological polar surface area (TPSA) is 51.8 Å². The highest BCUT2D eigenvalue weighted by Crippen LogP contribution is 2.27. The van der Waals surface area contributed by atoms with Gasteiger partial charge >= 0.3 is 0 Å². The normalized spacial score (nSPS) is 10.3. The summed E-state index contributed by atoms with van der Waals surface area (Å²) >= 11 is 9.16. The largest absolute Gasteiger partial charge is 0.382 e. The van der Waals surface area contributed by atoms with Crippen molar-refractivity contribution in [1.29, 1.82) is 0 Å². The predicted octanol–water partition coefficient (Wildman–Crippen LogP) is 3.14. The highest BCUT2D eigenvalue weighted by molar-refractivity contribution is 9.10. The summed E-state index contributed by atoms with van der Waals surface area (Å²) < 4.78 is 0.979. The molecule has 0 unspecified atom stereocenters. The summed E-state index contributed by atoms with van der Waals surface area (Å²) in [7, 11) is 0. The standard InChI is InChI=1S/C10H7BrClN3/c11-7-3-1-2-6(4-7)8-5-9(12)14-15-10(8)13/h1-5H,(H2,13,15). The van der Waals surface area contributed by atoms with Gasteiger partial charge in [0.2, 0.25) is 0 Å². The van der Waals surface area contributed by atoms with Gasteiger partial charge in [0.15, 0.2) is 11.0 Å². The van der Waals surface area contributed by atoms with Gasteiger partial charge in [-0.2, -0.15) is 0 Å². The van der Waals surface area contributed by atoms with E-state index in [9.17, 15) is 0 Å². The molecule has 3 nitrogen and oxygen atoms in total. The molecular weight excluding hydrogens is 277 g/mol. The van der Waals surface area contributed by atoms with Gasteiger partial charge in [0.1, 0.15) is 0 Å². The van der Waals surface area contributed by atoms with Crippen LogP contribution in [0.2, 0.25) is 5.15 Å². The highest BCUT2D eigenvalue weighted by Gasteiger charge is 2.05. The molecule has 1 aromatic heterocycles. The summed E-state index contributed by atoms with van der Waals surface area (Å²) in [5, 5.41) is 7.76. The third-order valence-electron chi connectivity index (χ3n) is 1.93. The van der Waals surface area contributed by atoms with Crippen molar-refractivity contribution in [3.8, 4) is 11.1 Å². The molecule has 0 aliphatic carbocycles. The van der Waals surface area contributed by atoms with Crippen molar-refractivity contribution >= 4 is 33.3 Å². The number of aromatic nitrogens is 2. The molecule has 2 aromatic rings. The molecule has 0 saturated heterocycles. The van der Waals surface area contributed by atoms with Crippen molar-refractivity contribution in [1.82, 2.24) is 10.2 Å². The second kappa shape index (κ2) is 4.16. The molecule has 0 aliphatic rings. The zero-order valence-electron chi connectivity index (χ0n) is 7.61. The quantitative estimate of drug-likeness (QED) is 0.875. The fourth-order valence-electron chi connectivity index (χ4n) is 1.26. The third-order valence-corrected chi connectivity index (χ3v) is 2.61. The Kier molecular flexibility index (Phi) is 2.88. The van der Waals surface area contributed by atoms with Gasteiger partial charge in [-0.15, -0.1) is 10.2 Å². The molecule has 2 rings (SSSR count). The van der Waals surface area contributed by atoms with Gasteiger partial charge in [0, 0.05) is 10.0 Å². The fourth-order valence-corrected chi connectivity index (χ4v) is 1.81. The Morgan fingerprint density at radius 3 is 2.73 bits per heavy atom. The van der Waals surface area contributed by atoms with Crippen molar-refractivity contribution < 1.29 is 0 Å². The minimum Gasteiger partial charge on any atom is -0.382 e. The summed E-state index contributed by atoms with van der Waals surface area (Å²) in [5.41, 5.74) is 7.47. The van der Waals surface area contributed by atoms with E-state index in [0.717, 1.165) is 15.6 Å². The number of anilines is 1. The molecule has 5 heteroatoms. The molecule has 0 atom stereocenters. The number of halogens is 2. The summed E-state index contributed by atoms with van der Waals surface area (Å²) in [5.74, 6) is 0.373. The molecule has 15 heavy (non-hydrogen) atoms. The lowest BCUT2D eigenvalue weighted by molar-refractivity contribution is 1.04. The van der Waals surface area contributed by atoms with Gasteiger partial charge in [-0.05, 0) is 23.8 Å². The zero-order valence-corrected chi connectivity index (χ0v) is 9.96. The summed E-state index contributed by atoms with van der Waals surface area (Å²) in [6.07, 6.45) is 0. The number of hydrogen-bond donors (Lipinski definition) is 1. The number of nitrogens with zero attached hydrogens (tertiary/aromatic N) is 2. The van der Waals surface area contributed by atoms with Crippen LogP contribution in [0.15, 0.2) is 34.8 Å². The Morgan fingerprint density at radius 2 is 2.00 bits per heavy atom. The van der Waals surface area contributed by atoms with Crippen LogP contribution in [0, 0.1) is 0 Å². The summed E-state index contributed by atoms with van der Waals surface area (Å²) in [6, 6.07) is 9.45. The first-order chi connectivity index (χ1) is 7.16. The van der Waals surface area contributed by atoms with E-state index in [1.165, 1.54) is 0 Å². The number of benzene rings is 1. The molecule has 1 heterocycles. The van der Waals surface area contributed by atoms with Gasteiger partial charge in [-0.3, -0.25) is 0 Å². The maximum atomic E-state index is 5.77. The van der Waals surface area contributed by atoms with Gasteiger partial charge in [-0.25, -0.2) is 0 Å². The van der Waals surface area contributed by atoms with Crippen LogP contribution in [0.5, 0.6) is 0 Å². The van der Waals surface area contributed by atoms with Gasteiger partial charge in [-0.1, -0.05) is 39.7 Å². The van der Waals surface area contributed by atoms with Crippen LogP contribution in [0.4, 0.5) is 5.82 Å². The Labute approximate surface area is 100 Å². The van der Waals surface area contributed by atoms with Crippen LogP contribution in [0.3, 0.4) is 0 Å². The van der Waals surface area contributed by atoms with Crippen LogP contribution in [0.25, 0.3) is 11.1 Å². The van der Waals surface area contributed by atoms with Gasteiger partial charge in [0.05, 0.1) is 0 Å². The van der Waals surface area contributed by atoms with E-state index >= 15 is 0 Å². The minimum atomic E-state index is 0.333. The van der Waals surface area contributed by atoms with Crippen LogP contribution >= 0.6 is 27.5 Å². The molecule has 76 valence electrons. The summed E-state index contributed by atoms with van der Waals surface area (Å²) in [6.45, 7) is 0. The molecule has 0 radical (unpaired) electrons. The molecule has 2 N–H and O–H groups in total. The molecular formula is C10H7BrClN3. The SMILES string of the molecule is Nc1nnc(Cl)cc1-c1cccc(Br)c1. The van der Waals surface area contributed by atoms with E-state index in [-0.39, 0.29) is 0 Å². The van der Waals surface area contributed by atoms with Crippen LogP contribution in [0.1, 0.15) is 0 Å². The van der Waals surface area contributed by atoms with E-state index in [0.29, 0.717) is 11.0 Å². The highest BCUT2D eigenvalue weighted by atomic mass is 79.9. The Bertz CT molecular complexity index is 502. The second-order valence-corrected chi connectivity index (χ2v) is 4.28. The molecule has 0 amide bonds. The second-order valence-electron chi connectivity index (χ2n) is 2.98. The average Bonchev–Trinajstić information content (AvgIpc) is 2.22. The van der Waals surface area contributed by atoms with Crippen LogP contribution in [-0.4, -0.2) is 10.2 Å². The predicted molar refractivity (Wildman–Crippen MR) is 64.6 cm³/mol. The molecule has 0 spiro atoms. The Hall–Kier alpha value is -1.13. The van der Waals surface area contributed by atoms with Crippen molar-refractivity contribution in [2.24, 2.45) is 0 Å². The van der Waals surface area contributed by atoms with Crippen molar-refractivity contribution in [2.45, 2.75) is 0 Å². The Balaban J connectivity index is 2.58. The third kappa shape index (κ3) is 2.27. The van der Waals surface area contributed by atoms with E-state index < -0.39 is 0 Å². The Morgan fingerprint density at radius 1 is 1.20 bits per heavy atom. The van der Waals surface area contributed by atoms with E-state index in [1.807, 2.05) is 24.3 Å². The number of nitrogens with two attached hydrogens (primary N) is 1. The first-order valence-electron chi connectivity index (χ1n) is 4.21.